The monoisotopic (exact) mass is 651 g/mol. The fraction of sp³-hybridized carbons (Fsp3) is 0.229. The van der Waals surface area contributed by atoms with Gasteiger partial charge in [-0.05, 0) is 57.6 Å². The highest BCUT2D eigenvalue weighted by Gasteiger charge is 2.14. The van der Waals surface area contributed by atoms with E-state index >= 15 is 0 Å². The molecule has 2 aromatic heterocycles. The maximum Gasteiger partial charge on any atom is 0.234 e. The second kappa shape index (κ2) is 14.0. The van der Waals surface area contributed by atoms with Crippen LogP contribution in [0.25, 0.3) is 21.0 Å². The summed E-state index contributed by atoms with van der Waals surface area (Å²) in [7, 11) is 1.90. The van der Waals surface area contributed by atoms with Crippen LogP contribution in [0.1, 0.15) is 42.3 Å². The Morgan fingerprint density at radius 2 is 1.71 bits per heavy atom. The molecule has 0 radical (unpaired) electrons. The second-order valence-corrected chi connectivity index (χ2v) is 14.3. The van der Waals surface area contributed by atoms with Gasteiger partial charge in [-0.1, -0.05) is 98.0 Å². The van der Waals surface area contributed by atoms with Gasteiger partial charge >= 0.3 is 0 Å². The molecular weight excluding hydrogens is 619 g/mol. The van der Waals surface area contributed by atoms with Gasteiger partial charge in [-0.2, -0.15) is 0 Å². The SMILES string of the molecule is CC(C)c1ccc(NC(=O)CSc2nc3ccc(CC(=O)CSc4nc(Cc5cccc6ccccc56)n(C)n4)cc3s2)cc1. The number of rotatable bonds is 12. The van der Waals surface area contributed by atoms with Crippen LogP contribution in [0.5, 0.6) is 0 Å². The number of aryl methyl sites for hydroxylation is 1. The number of nitrogens with zero attached hydrogens (tertiary/aromatic N) is 4. The van der Waals surface area contributed by atoms with Crippen molar-refractivity contribution < 1.29 is 9.59 Å². The molecule has 1 N–H and O–H groups in total. The lowest BCUT2D eigenvalue weighted by molar-refractivity contribution is -0.116. The average Bonchev–Trinajstić information content (AvgIpc) is 3.61. The molecule has 0 aliphatic rings. The van der Waals surface area contributed by atoms with Crippen molar-refractivity contribution in [1.82, 2.24) is 19.7 Å². The van der Waals surface area contributed by atoms with Crippen LogP contribution in [-0.4, -0.2) is 42.9 Å². The first-order valence-electron chi connectivity index (χ1n) is 14.7. The average molecular weight is 652 g/mol. The van der Waals surface area contributed by atoms with Crippen molar-refractivity contribution in [1.29, 1.82) is 0 Å². The third-order valence-electron chi connectivity index (χ3n) is 7.45. The van der Waals surface area contributed by atoms with Crippen LogP contribution in [0.2, 0.25) is 0 Å². The first kappa shape index (κ1) is 31.0. The van der Waals surface area contributed by atoms with E-state index in [1.807, 2.05) is 55.6 Å². The van der Waals surface area contributed by atoms with E-state index in [0.717, 1.165) is 31.6 Å². The van der Waals surface area contributed by atoms with Gasteiger partial charge < -0.3 is 5.32 Å². The maximum atomic E-state index is 12.9. The van der Waals surface area contributed by atoms with Gasteiger partial charge in [-0.25, -0.2) is 9.97 Å². The Morgan fingerprint density at radius 3 is 2.53 bits per heavy atom. The molecule has 0 unspecified atom stereocenters. The number of carbonyl (C=O) groups excluding carboxylic acids is 2. The number of carbonyl (C=O) groups is 2. The number of fused-ring (bicyclic) bond motifs is 2. The summed E-state index contributed by atoms with van der Waals surface area (Å²) in [6.07, 6.45) is 1.00. The van der Waals surface area contributed by atoms with Crippen molar-refractivity contribution in [3.05, 3.63) is 107 Å². The molecule has 0 spiro atoms. The maximum absolute atomic E-state index is 12.9. The molecule has 6 aromatic rings. The number of hydrogen-bond donors (Lipinski definition) is 1. The summed E-state index contributed by atoms with van der Waals surface area (Å²) in [6.45, 7) is 4.29. The number of benzene rings is 4. The molecule has 6 rings (SSSR count). The van der Waals surface area contributed by atoms with Crippen LogP contribution < -0.4 is 5.32 Å². The lowest BCUT2D eigenvalue weighted by Gasteiger charge is -2.08. The van der Waals surface area contributed by atoms with Gasteiger partial charge in [0.15, 0.2) is 4.34 Å². The van der Waals surface area contributed by atoms with Gasteiger partial charge in [0.1, 0.15) is 11.6 Å². The summed E-state index contributed by atoms with van der Waals surface area (Å²) in [6, 6.07) is 28.5. The highest BCUT2D eigenvalue weighted by atomic mass is 32.2. The summed E-state index contributed by atoms with van der Waals surface area (Å²) in [5, 5.41) is 10.5. The zero-order valence-electron chi connectivity index (χ0n) is 25.3. The molecule has 7 nitrogen and oxygen atoms in total. The largest absolute Gasteiger partial charge is 0.325 e. The number of hydrogen-bond acceptors (Lipinski definition) is 8. The van der Waals surface area contributed by atoms with Crippen LogP contribution in [0.15, 0.2) is 94.4 Å². The normalized spacial score (nSPS) is 11.5. The number of nitrogens with one attached hydrogen (secondary N) is 1. The molecule has 0 aliphatic carbocycles. The highest BCUT2D eigenvalue weighted by molar-refractivity contribution is 8.01. The van der Waals surface area contributed by atoms with Crippen LogP contribution in [0.3, 0.4) is 0 Å². The zero-order chi connectivity index (χ0) is 31.3. The van der Waals surface area contributed by atoms with Crippen LogP contribution in [-0.2, 0) is 29.5 Å². The van der Waals surface area contributed by atoms with Crippen molar-refractivity contribution in [3.8, 4) is 0 Å². The molecule has 10 heteroatoms. The molecule has 0 aliphatic heterocycles. The van der Waals surface area contributed by atoms with Gasteiger partial charge in [-0.3, -0.25) is 14.3 Å². The van der Waals surface area contributed by atoms with E-state index in [0.29, 0.717) is 29.7 Å². The Morgan fingerprint density at radius 1 is 0.911 bits per heavy atom. The van der Waals surface area contributed by atoms with Gasteiger partial charge in [0.25, 0.3) is 0 Å². The second-order valence-electron chi connectivity index (χ2n) is 11.1. The molecule has 228 valence electrons. The quantitative estimate of drug-likeness (QED) is 0.134. The molecule has 0 atom stereocenters. The number of aromatic nitrogens is 4. The van der Waals surface area contributed by atoms with E-state index < -0.39 is 0 Å². The number of amides is 1. The van der Waals surface area contributed by atoms with Crippen molar-refractivity contribution in [2.24, 2.45) is 7.05 Å². The minimum Gasteiger partial charge on any atom is -0.325 e. The summed E-state index contributed by atoms with van der Waals surface area (Å²) < 4.78 is 3.63. The van der Waals surface area contributed by atoms with E-state index in [2.05, 4.69) is 65.6 Å². The molecule has 0 saturated carbocycles. The van der Waals surface area contributed by atoms with Crippen LogP contribution in [0.4, 0.5) is 5.69 Å². The minimum absolute atomic E-state index is 0.0663. The van der Waals surface area contributed by atoms with E-state index in [9.17, 15) is 9.59 Å². The topological polar surface area (TPSA) is 89.8 Å². The Labute approximate surface area is 274 Å². The van der Waals surface area contributed by atoms with Crippen molar-refractivity contribution in [2.45, 2.75) is 42.1 Å². The van der Waals surface area contributed by atoms with Crippen molar-refractivity contribution >= 4 is 73.2 Å². The van der Waals surface area contributed by atoms with Gasteiger partial charge in [0, 0.05) is 25.6 Å². The third kappa shape index (κ3) is 7.81. The molecule has 2 heterocycles. The molecule has 4 aromatic carbocycles. The van der Waals surface area contributed by atoms with Crippen LogP contribution in [0, 0.1) is 0 Å². The molecular formula is C35H33N5O2S3. The lowest BCUT2D eigenvalue weighted by atomic mass is 10.0. The first-order chi connectivity index (χ1) is 21.8. The number of thiazole rings is 1. The number of thioether (sulfide) groups is 2. The molecule has 45 heavy (non-hydrogen) atoms. The molecule has 1 amide bonds. The summed E-state index contributed by atoms with van der Waals surface area (Å²) in [4.78, 5) is 34.8. The molecule has 0 bridgehead atoms. The first-order valence-corrected chi connectivity index (χ1v) is 17.5. The lowest BCUT2D eigenvalue weighted by Crippen LogP contribution is -2.13. The van der Waals surface area contributed by atoms with Crippen molar-refractivity contribution in [2.75, 3.05) is 16.8 Å². The summed E-state index contributed by atoms with van der Waals surface area (Å²) in [5.41, 5.74) is 5.05. The Hall–Kier alpha value is -3.99. The number of ketones is 1. The number of anilines is 1. The van der Waals surface area contributed by atoms with E-state index in [-0.39, 0.29) is 17.4 Å². The Bertz CT molecular complexity index is 1980. The predicted octanol–water partition coefficient (Wildman–Crippen LogP) is 7.93. The fourth-order valence-electron chi connectivity index (χ4n) is 5.04. The Balaban J connectivity index is 1.00. The van der Waals surface area contributed by atoms with Gasteiger partial charge in [0.2, 0.25) is 11.1 Å². The van der Waals surface area contributed by atoms with Crippen molar-refractivity contribution in [3.63, 3.8) is 0 Å². The number of Topliss-reactive ketones (excluding diaryl/α,β-unsaturated/α-hetero) is 1. The Kier molecular flexibility index (Phi) is 9.63. The zero-order valence-corrected chi connectivity index (χ0v) is 27.8. The minimum atomic E-state index is -0.0663. The predicted molar refractivity (Wildman–Crippen MR) is 187 cm³/mol. The van der Waals surface area contributed by atoms with Gasteiger partial charge in [0.05, 0.1) is 21.7 Å². The standard InChI is InChI=1S/C35H33N5O2S3/c1-22(2)24-12-14-27(15-13-24)36-33(42)21-44-35-37-30-16-11-23(18-31(30)45-35)17-28(41)20-43-34-38-32(40(3)39-34)19-26-9-6-8-25-7-4-5-10-29(25)26/h4-16,18,22H,17,19-21H2,1-3H3,(H,36,42). The highest BCUT2D eigenvalue weighted by Crippen LogP contribution is 2.31. The molecule has 0 fully saturated rings. The fourth-order valence-corrected chi connectivity index (χ4v) is 7.72. The smallest absolute Gasteiger partial charge is 0.234 e. The van der Waals surface area contributed by atoms with E-state index in [4.69, 9.17) is 4.98 Å². The third-order valence-corrected chi connectivity index (χ3v) is 10.5. The summed E-state index contributed by atoms with van der Waals surface area (Å²) >= 11 is 4.33. The van der Waals surface area contributed by atoms with Crippen LogP contribution >= 0.6 is 34.9 Å². The van der Waals surface area contributed by atoms with E-state index in [1.54, 1.807) is 16.0 Å². The van der Waals surface area contributed by atoms with E-state index in [1.165, 1.54) is 45.4 Å². The van der Waals surface area contributed by atoms with Gasteiger partial charge in [-0.15, -0.1) is 16.4 Å². The molecule has 0 saturated heterocycles. The summed E-state index contributed by atoms with van der Waals surface area (Å²) in [5.74, 6) is 1.94.